The molecule has 0 radical (unpaired) electrons. The Kier molecular flexibility index (Phi) is 7.44. The summed E-state index contributed by atoms with van der Waals surface area (Å²) in [4.78, 5) is 2.07. The molecule has 3 aromatic carbocycles. The van der Waals surface area contributed by atoms with Crippen molar-refractivity contribution >= 4 is 28.4 Å². The summed E-state index contributed by atoms with van der Waals surface area (Å²) < 4.78 is 0. The Morgan fingerprint density at radius 3 is 1.73 bits per heavy atom. The molecule has 0 atom stereocenters. The highest BCUT2D eigenvalue weighted by atomic mass is 15.1. The third-order valence-electron chi connectivity index (χ3n) is 4.86. The Bertz CT molecular complexity index is 1000. The predicted molar refractivity (Wildman–Crippen MR) is 125 cm³/mol. The molecule has 0 N–H and O–H groups in total. The van der Waals surface area contributed by atoms with E-state index in [-0.39, 0.29) is 0 Å². The molecule has 0 heterocycles. The minimum Gasteiger partial charge on any atom is -0.378 e. The van der Waals surface area contributed by atoms with Gasteiger partial charge in [0.05, 0.1) is 22.7 Å². The lowest BCUT2D eigenvalue weighted by molar-refractivity contribution is 0.795. The Morgan fingerprint density at radius 2 is 1.23 bits per heavy atom. The Labute approximate surface area is 179 Å². The maximum Gasteiger partial charge on any atom is 0.0887 e. The van der Waals surface area contributed by atoms with Crippen molar-refractivity contribution in [1.82, 2.24) is 0 Å². The van der Waals surface area contributed by atoms with Gasteiger partial charge in [-0.25, -0.2) is 0 Å². The molecule has 5 nitrogen and oxygen atoms in total. The van der Waals surface area contributed by atoms with Crippen molar-refractivity contribution < 1.29 is 0 Å². The zero-order valence-corrected chi connectivity index (χ0v) is 18.2. The number of hydrogen-bond donors (Lipinski definition) is 0. The second kappa shape index (κ2) is 10.4. The van der Waals surface area contributed by atoms with Gasteiger partial charge in [-0.3, -0.25) is 0 Å². The fourth-order valence-electron chi connectivity index (χ4n) is 2.95. The van der Waals surface area contributed by atoms with Gasteiger partial charge in [0.2, 0.25) is 0 Å². The first-order chi connectivity index (χ1) is 14.5. The second-order valence-electron chi connectivity index (χ2n) is 7.55. The average molecular weight is 400 g/mol. The lowest BCUT2D eigenvalue weighted by atomic mass is 10.1. The average Bonchev–Trinajstić information content (AvgIpc) is 2.76. The first kappa shape index (κ1) is 21.4. The molecule has 0 amide bonds. The molecule has 0 fully saturated rings. The molecule has 0 unspecified atom stereocenters. The van der Waals surface area contributed by atoms with E-state index in [4.69, 9.17) is 0 Å². The number of nitrogens with zero attached hydrogens (tertiary/aromatic N) is 5. The van der Waals surface area contributed by atoms with Crippen molar-refractivity contribution in [3.63, 3.8) is 0 Å². The number of benzene rings is 3. The van der Waals surface area contributed by atoms with Crippen LogP contribution in [0.15, 0.2) is 87.2 Å². The number of rotatable bonds is 8. The van der Waals surface area contributed by atoms with Crippen LogP contribution < -0.4 is 4.90 Å². The Hall–Kier alpha value is -3.34. The van der Waals surface area contributed by atoms with Crippen LogP contribution in [0.4, 0.5) is 28.4 Å². The van der Waals surface area contributed by atoms with Gasteiger partial charge in [-0.05, 0) is 85.5 Å². The molecule has 0 spiro atoms. The van der Waals surface area contributed by atoms with Crippen LogP contribution in [0.3, 0.4) is 0 Å². The topological polar surface area (TPSA) is 52.7 Å². The molecule has 0 saturated carbocycles. The lowest BCUT2D eigenvalue weighted by Crippen LogP contribution is -2.08. The first-order valence-corrected chi connectivity index (χ1v) is 10.4. The molecule has 5 heteroatoms. The number of anilines is 1. The summed E-state index contributed by atoms with van der Waals surface area (Å²) in [6.45, 7) is 4.25. The summed E-state index contributed by atoms with van der Waals surface area (Å²) in [5.74, 6) is 0. The summed E-state index contributed by atoms with van der Waals surface area (Å²) in [6, 6.07) is 22.0. The third-order valence-corrected chi connectivity index (χ3v) is 4.86. The standard InChI is InChI=1S/C25H29N5/c1-5-6-7-20-8-10-21(11-9-20)26-27-22-12-14-23(15-13-22)28-29-25-17-16-24(30(3)4)18-19(25)2/h8-18H,5-7H2,1-4H3. The van der Waals surface area contributed by atoms with E-state index in [0.717, 1.165) is 40.4 Å². The van der Waals surface area contributed by atoms with Gasteiger partial charge in [-0.15, -0.1) is 0 Å². The van der Waals surface area contributed by atoms with Gasteiger partial charge in [-0.1, -0.05) is 25.5 Å². The van der Waals surface area contributed by atoms with Crippen LogP contribution in [0.5, 0.6) is 0 Å². The molecule has 3 rings (SSSR count). The zero-order valence-electron chi connectivity index (χ0n) is 18.2. The van der Waals surface area contributed by atoms with Crippen LogP contribution in [-0.2, 0) is 6.42 Å². The molecule has 0 aliphatic heterocycles. The van der Waals surface area contributed by atoms with Crippen molar-refractivity contribution in [2.75, 3.05) is 19.0 Å². The normalized spacial score (nSPS) is 11.5. The number of azo groups is 2. The van der Waals surface area contributed by atoms with Gasteiger partial charge in [0.15, 0.2) is 0 Å². The van der Waals surface area contributed by atoms with E-state index in [2.05, 4.69) is 50.5 Å². The van der Waals surface area contributed by atoms with Crippen molar-refractivity contribution in [2.24, 2.45) is 20.5 Å². The van der Waals surface area contributed by atoms with Crippen molar-refractivity contribution in [3.05, 3.63) is 77.9 Å². The largest absolute Gasteiger partial charge is 0.378 e. The molecule has 30 heavy (non-hydrogen) atoms. The Balaban J connectivity index is 1.62. The summed E-state index contributed by atoms with van der Waals surface area (Å²) in [5, 5.41) is 17.4. The number of hydrogen-bond acceptors (Lipinski definition) is 5. The van der Waals surface area contributed by atoms with Gasteiger partial charge in [0.25, 0.3) is 0 Å². The third kappa shape index (κ3) is 6.08. The number of aryl methyl sites for hydroxylation is 2. The predicted octanol–water partition coefficient (Wildman–Crippen LogP) is 8.23. The fourth-order valence-corrected chi connectivity index (χ4v) is 2.95. The van der Waals surface area contributed by atoms with Crippen LogP contribution in [0.2, 0.25) is 0 Å². The number of unbranched alkanes of at least 4 members (excludes halogenated alkanes) is 1. The van der Waals surface area contributed by atoms with E-state index in [1.54, 1.807) is 0 Å². The molecular formula is C25H29N5. The van der Waals surface area contributed by atoms with Gasteiger partial charge in [-0.2, -0.15) is 20.5 Å². The minimum absolute atomic E-state index is 0.783. The minimum atomic E-state index is 0.783. The monoisotopic (exact) mass is 399 g/mol. The zero-order chi connectivity index (χ0) is 21.3. The summed E-state index contributed by atoms with van der Waals surface area (Å²) in [7, 11) is 4.05. The highest BCUT2D eigenvalue weighted by molar-refractivity contribution is 5.57. The van der Waals surface area contributed by atoms with Crippen molar-refractivity contribution in [3.8, 4) is 0 Å². The van der Waals surface area contributed by atoms with Crippen molar-refractivity contribution in [2.45, 2.75) is 33.1 Å². The summed E-state index contributed by atoms with van der Waals surface area (Å²) in [6.07, 6.45) is 3.54. The van der Waals surface area contributed by atoms with Gasteiger partial charge in [0, 0.05) is 19.8 Å². The van der Waals surface area contributed by atoms with Crippen LogP contribution >= 0.6 is 0 Å². The van der Waals surface area contributed by atoms with Crippen LogP contribution in [0, 0.1) is 6.92 Å². The van der Waals surface area contributed by atoms with Crippen LogP contribution in [-0.4, -0.2) is 14.1 Å². The molecule has 0 saturated heterocycles. The fraction of sp³-hybridized carbons (Fsp3) is 0.280. The molecule has 0 aromatic heterocycles. The van der Waals surface area contributed by atoms with Gasteiger partial charge in [0.1, 0.15) is 0 Å². The second-order valence-corrected chi connectivity index (χ2v) is 7.55. The van der Waals surface area contributed by atoms with Crippen LogP contribution in [0.1, 0.15) is 30.9 Å². The highest BCUT2D eigenvalue weighted by Gasteiger charge is 2.01. The molecular weight excluding hydrogens is 370 g/mol. The maximum absolute atomic E-state index is 4.38. The van der Waals surface area contributed by atoms with E-state index in [9.17, 15) is 0 Å². The van der Waals surface area contributed by atoms with Crippen LogP contribution in [0.25, 0.3) is 0 Å². The quantitative estimate of drug-likeness (QED) is 0.352. The molecule has 154 valence electrons. The molecule has 3 aromatic rings. The lowest BCUT2D eigenvalue weighted by Gasteiger charge is -2.13. The van der Waals surface area contributed by atoms with E-state index in [1.165, 1.54) is 18.4 Å². The SMILES string of the molecule is CCCCc1ccc(N=Nc2ccc(N=Nc3ccc(N(C)C)cc3C)cc2)cc1. The van der Waals surface area contributed by atoms with Crippen molar-refractivity contribution in [1.29, 1.82) is 0 Å². The maximum atomic E-state index is 4.38. The van der Waals surface area contributed by atoms with E-state index in [1.807, 2.05) is 69.6 Å². The van der Waals surface area contributed by atoms with E-state index < -0.39 is 0 Å². The smallest absolute Gasteiger partial charge is 0.0887 e. The first-order valence-electron chi connectivity index (χ1n) is 10.4. The summed E-state index contributed by atoms with van der Waals surface area (Å²) >= 11 is 0. The van der Waals surface area contributed by atoms with E-state index >= 15 is 0 Å². The van der Waals surface area contributed by atoms with E-state index in [0.29, 0.717) is 0 Å². The Morgan fingerprint density at radius 1 is 0.700 bits per heavy atom. The van der Waals surface area contributed by atoms with Gasteiger partial charge >= 0.3 is 0 Å². The highest BCUT2D eigenvalue weighted by Crippen LogP contribution is 2.27. The summed E-state index contributed by atoms with van der Waals surface area (Å²) in [5.41, 5.74) is 6.88. The van der Waals surface area contributed by atoms with Gasteiger partial charge < -0.3 is 4.90 Å². The molecule has 0 aliphatic carbocycles. The molecule has 0 bridgehead atoms. The molecule has 0 aliphatic rings.